The van der Waals surface area contributed by atoms with Crippen molar-refractivity contribution in [2.75, 3.05) is 33.8 Å². The van der Waals surface area contributed by atoms with Crippen LogP contribution in [0.15, 0.2) is 0 Å². The first-order valence-electron chi connectivity index (χ1n) is 11.4. The Labute approximate surface area is 180 Å². The number of hydrogen-bond acceptors (Lipinski definition) is 4. The molecular weight excluding hydrogens is 386 g/mol. The molecule has 1 fully saturated rings. The van der Waals surface area contributed by atoms with Crippen LogP contribution in [0.5, 0.6) is 0 Å². The van der Waals surface area contributed by atoms with Gasteiger partial charge in [0.05, 0.1) is 12.1 Å². The van der Waals surface area contributed by atoms with Gasteiger partial charge in [-0.3, -0.25) is 9.58 Å². The van der Waals surface area contributed by atoms with Crippen LogP contribution in [0.1, 0.15) is 75.7 Å². The van der Waals surface area contributed by atoms with Crippen LogP contribution < -0.4 is 5.32 Å². The summed E-state index contributed by atoms with van der Waals surface area (Å²) < 4.78 is 29.8. The number of fused-ring (bicyclic) bond motifs is 1. The third kappa shape index (κ3) is 5.40. The van der Waals surface area contributed by atoms with E-state index in [-0.39, 0.29) is 30.4 Å². The summed E-state index contributed by atoms with van der Waals surface area (Å²) in [7, 11) is 4.00. The summed E-state index contributed by atoms with van der Waals surface area (Å²) in [6.07, 6.45) is 4.97. The number of aromatic nitrogens is 2. The largest absolute Gasteiger partial charge is 0.396 e. The van der Waals surface area contributed by atoms with Gasteiger partial charge in [0.1, 0.15) is 6.54 Å². The SMILES string of the molecule is CNCCN(C)Cc1nn2c(c1[C@H]1CC[C@](C)(CC(C)(C)CO)CC1)CC(F)(F)C2. The molecule has 0 spiro atoms. The molecule has 0 radical (unpaired) electrons. The summed E-state index contributed by atoms with van der Waals surface area (Å²) in [4.78, 5) is 2.22. The van der Waals surface area contributed by atoms with Gasteiger partial charge in [0, 0.05) is 37.5 Å². The second-order valence-electron chi connectivity index (χ2n) is 10.9. The van der Waals surface area contributed by atoms with Crippen LogP contribution in [-0.4, -0.2) is 59.5 Å². The topological polar surface area (TPSA) is 53.3 Å². The molecule has 172 valence electrons. The number of rotatable bonds is 9. The quantitative estimate of drug-likeness (QED) is 0.631. The van der Waals surface area contributed by atoms with Gasteiger partial charge in [-0.2, -0.15) is 5.10 Å². The highest BCUT2D eigenvalue weighted by Crippen LogP contribution is 2.50. The Hall–Kier alpha value is -1.05. The van der Waals surface area contributed by atoms with E-state index in [2.05, 4.69) is 43.1 Å². The number of alkyl halides is 2. The molecule has 2 aliphatic rings. The minimum Gasteiger partial charge on any atom is -0.396 e. The molecule has 0 saturated heterocycles. The lowest BCUT2D eigenvalue weighted by Crippen LogP contribution is -2.32. The minimum absolute atomic E-state index is 0.0796. The zero-order chi connectivity index (χ0) is 22.2. The van der Waals surface area contributed by atoms with Gasteiger partial charge in [-0.05, 0) is 62.9 Å². The van der Waals surface area contributed by atoms with Crippen molar-refractivity contribution in [2.24, 2.45) is 10.8 Å². The summed E-state index contributed by atoms with van der Waals surface area (Å²) in [5.41, 5.74) is 2.98. The predicted octanol–water partition coefficient (Wildman–Crippen LogP) is 3.80. The van der Waals surface area contributed by atoms with Crippen molar-refractivity contribution in [3.05, 3.63) is 17.0 Å². The molecule has 7 heteroatoms. The second kappa shape index (κ2) is 8.83. The van der Waals surface area contributed by atoms with E-state index in [1.165, 1.54) is 0 Å². The summed E-state index contributed by atoms with van der Waals surface area (Å²) in [5.74, 6) is -2.37. The number of hydrogen-bond donors (Lipinski definition) is 2. The highest BCUT2D eigenvalue weighted by molar-refractivity contribution is 5.34. The van der Waals surface area contributed by atoms with E-state index in [9.17, 15) is 13.9 Å². The lowest BCUT2D eigenvalue weighted by Gasteiger charge is -2.42. The third-order valence-electron chi connectivity index (χ3n) is 7.08. The zero-order valence-electron chi connectivity index (χ0n) is 19.4. The molecule has 2 N–H and O–H groups in total. The smallest absolute Gasteiger partial charge is 0.272 e. The minimum atomic E-state index is -2.68. The molecular formula is C23H40F2N4O. The van der Waals surface area contributed by atoms with Gasteiger partial charge in [-0.25, -0.2) is 8.78 Å². The van der Waals surface area contributed by atoms with Crippen molar-refractivity contribution in [1.82, 2.24) is 20.0 Å². The van der Waals surface area contributed by atoms with Gasteiger partial charge in [-0.15, -0.1) is 0 Å². The van der Waals surface area contributed by atoms with Crippen LogP contribution in [0.2, 0.25) is 0 Å². The lowest BCUT2D eigenvalue weighted by molar-refractivity contribution is 0.000613. The Morgan fingerprint density at radius 3 is 2.57 bits per heavy atom. The molecule has 1 aliphatic heterocycles. The molecule has 0 amide bonds. The van der Waals surface area contributed by atoms with E-state index in [0.29, 0.717) is 12.5 Å². The van der Waals surface area contributed by atoms with E-state index in [1.807, 2.05) is 7.05 Å². The fourth-order valence-electron chi connectivity index (χ4n) is 5.62. The summed E-state index contributed by atoms with van der Waals surface area (Å²) in [6.45, 7) is 8.96. The fraction of sp³-hybridized carbons (Fsp3) is 0.870. The van der Waals surface area contributed by atoms with Crippen molar-refractivity contribution in [1.29, 1.82) is 0 Å². The molecule has 3 rings (SSSR count). The van der Waals surface area contributed by atoms with Crippen molar-refractivity contribution in [3.63, 3.8) is 0 Å². The molecule has 1 aromatic rings. The molecule has 2 heterocycles. The Balaban J connectivity index is 1.78. The Bertz CT molecular complexity index is 723. The van der Waals surface area contributed by atoms with Crippen LogP contribution in [0.25, 0.3) is 0 Å². The maximum atomic E-state index is 14.1. The molecule has 0 aromatic carbocycles. The number of likely N-dealkylation sites (N-methyl/N-ethyl adjacent to an activating group) is 2. The Morgan fingerprint density at radius 1 is 1.30 bits per heavy atom. The van der Waals surface area contributed by atoms with Crippen LogP contribution in [0.4, 0.5) is 8.78 Å². The highest BCUT2D eigenvalue weighted by Gasteiger charge is 2.44. The number of aliphatic hydroxyl groups is 1. The first-order chi connectivity index (χ1) is 14.0. The molecule has 30 heavy (non-hydrogen) atoms. The van der Waals surface area contributed by atoms with E-state index in [4.69, 9.17) is 0 Å². The van der Waals surface area contributed by atoms with E-state index in [0.717, 1.165) is 62.1 Å². The van der Waals surface area contributed by atoms with Crippen LogP contribution >= 0.6 is 0 Å². The number of aliphatic hydroxyl groups excluding tert-OH is 1. The fourth-order valence-corrected chi connectivity index (χ4v) is 5.62. The number of nitrogens with zero attached hydrogens (tertiary/aromatic N) is 3. The number of halogens is 2. The molecule has 1 aromatic heterocycles. The van der Waals surface area contributed by atoms with Gasteiger partial charge in [0.2, 0.25) is 0 Å². The van der Waals surface area contributed by atoms with Crippen LogP contribution in [0, 0.1) is 10.8 Å². The first kappa shape index (κ1) is 23.6. The van der Waals surface area contributed by atoms with E-state index >= 15 is 0 Å². The summed E-state index contributed by atoms with van der Waals surface area (Å²) in [6, 6.07) is 0. The Morgan fingerprint density at radius 2 is 1.97 bits per heavy atom. The predicted molar refractivity (Wildman–Crippen MR) is 116 cm³/mol. The normalized spacial score (nSPS) is 26.4. The van der Waals surface area contributed by atoms with Crippen molar-refractivity contribution < 1.29 is 13.9 Å². The average Bonchev–Trinajstić information content (AvgIpc) is 3.11. The van der Waals surface area contributed by atoms with E-state index in [1.54, 1.807) is 4.68 Å². The summed E-state index contributed by atoms with van der Waals surface area (Å²) >= 11 is 0. The molecule has 1 aliphatic carbocycles. The average molecular weight is 427 g/mol. The Kier molecular flexibility index (Phi) is 6.95. The second-order valence-corrected chi connectivity index (χ2v) is 10.9. The molecule has 0 unspecified atom stereocenters. The molecule has 0 bridgehead atoms. The molecule has 1 saturated carbocycles. The lowest BCUT2D eigenvalue weighted by atomic mass is 9.63. The highest BCUT2D eigenvalue weighted by atomic mass is 19.3. The van der Waals surface area contributed by atoms with Gasteiger partial charge >= 0.3 is 0 Å². The van der Waals surface area contributed by atoms with Crippen LogP contribution in [-0.2, 0) is 19.5 Å². The van der Waals surface area contributed by atoms with Crippen molar-refractivity contribution in [3.8, 4) is 0 Å². The van der Waals surface area contributed by atoms with Gasteiger partial charge in [-0.1, -0.05) is 20.8 Å². The van der Waals surface area contributed by atoms with Crippen molar-refractivity contribution in [2.45, 2.75) is 84.2 Å². The van der Waals surface area contributed by atoms with Crippen molar-refractivity contribution >= 4 is 0 Å². The first-order valence-corrected chi connectivity index (χ1v) is 11.4. The maximum absolute atomic E-state index is 14.1. The zero-order valence-corrected chi connectivity index (χ0v) is 19.4. The standard InChI is InChI=1S/C23H40F2N4O/c1-21(2,16-30)14-22(3)8-6-17(7-9-22)20-18(13-28(5)11-10-26-4)27-29-15-23(24,25)12-19(20)29/h17,26,30H,6-16H2,1-5H3/t17-,22-. The van der Waals surface area contributed by atoms with Gasteiger partial charge < -0.3 is 10.4 Å². The summed E-state index contributed by atoms with van der Waals surface area (Å²) in [5, 5.41) is 17.5. The monoisotopic (exact) mass is 426 g/mol. The number of nitrogens with one attached hydrogen (secondary N) is 1. The maximum Gasteiger partial charge on any atom is 0.272 e. The van der Waals surface area contributed by atoms with Gasteiger partial charge in [0.15, 0.2) is 0 Å². The third-order valence-corrected chi connectivity index (χ3v) is 7.08. The molecule has 0 atom stereocenters. The molecule has 5 nitrogen and oxygen atoms in total. The van der Waals surface area contributed by atoms with Gasteiger partial charge in [0.25, 0.3) is 5.92 Å². The van der Waals surface area contributed by atoms with E-state index < -0.39 is 5.92 Å². The van der Waals surface area contributed by atoms with Crippen LogP contribution in [0.3, 0.4) is 0 Å².